The molecule has 20 heavy (non-hydrogen) atoms. The lowest BCUT2D eigenvalue weighted by Crippen LogP contribution is -2.56. The second-order valence-corrected chi connectivity index (χ2v) is 8.33. The molecule has 0 radical (unpaired) electrons. The molecular formula is C15H21NO3S. The molecule has 4 saturated carbocycles. The van der Waals surface area contributed by atoms with Crippen LogP contribution in [0.5, 0.6) is 0 Å². The Labute approximate surface area is 123 Å². The lowest BCUT2D eigenvalue weighted by atomic mass is 9.49. The molecule has 1 saturated heterocycles. The average Bonchev–Trinajstić information content (AvgIpc) is 2.85. The third-order valence-corrected chi connectivity index (χ3v) is 6.93. The van der Waals surface area contributed by atoms with Gasteiger partial charge in [0, 0.05) is 5.75 Å². The highest BCUT2D eigenvalue weighted by molar-refractivity contribution is 7.99. The summed E-state index contributed by atoms with van der Waals surface area (Å²) in [6, 6.07) is -0.597. The number of amides is 1. The molecule has 110 valence electrons. The number of hydrogen-bond donors (Lipinski definition) is 1. The summed E-state index contributed by atoms with van der Waals surface area (Å²) in [4.78, 5) is 26.1. The number of carboxylic acid groups (broad SMARTS) is 1. The predicted octanol–water partition coefficient (Wildman–Crippen LogP) is 2.19. The van der Waals surface area contributed by atoms with Gasteiger partial charge in [0.1, 0.15) is 6.04 Å². The van der Waals surface area contributed by atoms with Crippen molar-refractivity contribution in [1.82, 2.24) is 4.90 Å². The van der Waals surface area contributed by atoms with E-state index in [-0.39, 0.29) is 11.3 Å². The van der Waals surface area contributed by atoms with E-state index < -0.39 is 12.0 Å². The van der Waals surface area contributed by atoms with Crippen molar-refractivity contribution in [2.24, 2.45) is 23.2 Å². The van der Waals surface area contributed by atoms with Crippen molar-refractivity contribution in [3.05, 3.63) is 0 Å². The third kappa shape index (κ3) is 1.81. The molecule has 1 amide bonds. The van der Waals surface area contributed by atoms with Gasteiger partial charge in [0.05, 0.1) is 11.3 Å². The highest BCUT2D eigenvalue weighted by Crippen LogP contribution is 2.60. The Kier molecular flexibility index (Phi) is 2.85. The number of carbonyl (C=O) groups excluding carboxylic acids is 1. The molecule has 0 spiro atoms. The fourth-order valence-electron chi connectivity index (χ4n) is 5.52. The fourth-order valence-corrected chi connectivity index (χ4v) is 6.67. The summed E-state index contributed by atoms with van der Waals surface area (Å²) < 4.78 is 0. The lowest BCUT2D eigenvalue weighted by Gasteiger charge is -2.56. The Morgan fingerprint density at radius 3 is 2.10 bits per heavy atom. The monoisotopic (exact) mass is 295 g/mol. The summed E-state index contributed by atoms with van der Waals surface area (Å²) in [5, 5.41) is 9.31. The number of carbonyl (C=O) groups is 2. The average molecular weight is 295 g/mol. The number of hydrogen-bond acceptors (Lipinski definition) is 3. The zero-order chi connectivity index (χ0) is 13.9. The summed E-state index contributed by atoms with van der Waals surface area (Å²) in [6.07, 6.45) is 6.99. The van der Waals surface area contributed by atoms with Gasteiger partial charge in [0.25, 0.3) is 0 Å². The van der Waals surface area contributed by atoms with Crippen LogP contribution in [-0.4, -0.2) is 39.6 Å². The van der Waals surface area contributed by atoms with Crippen molar-refractivity contribution >= 4 is 23.6 Å². The van der Waals surface area contributed by atoms with Crippen LogP contribution in [0.4, 0.5) is 0 Å². The maximum absolute atomic E-state index is 13.1. The smallest absolute Gasteiger partial charge is 0.327 e. The Balaban J connectivity index is 1.60. The minimum atomic E-state index is -0.840. The van der Waals surface area contributed by atoms with Crippen LogP contribution >= 0.6 is 11.8 Å². The molecular weight excluding hydrogens is 274 g/mol. The van der Waals surface area contributed by atoms with Gasteiger partial charge in [0.2, 0.25) is 5.91 Å². The van der Waals surface area contributed by atoms with Crippen LogP contribution in [0, 0.1) is 23.2 Å². The first-order chi connectivity index (χ1) is 9.57. The van der Waals surface area contributed by atoms with Crippen LogP contribution in [0.3, 0.4) is 0 Å². The van der Waals surface area contributed by atoms with Gasteiger partial charge in [-0.25, -0.2) is 4.79 Å². The molecule has 1 atom stereocenters. The van der Waals surface area contributed by atoms with Crippen molar-refractivity contribution < 1.29 is 14.7 Å². The number of rotatable bonds is 2. The van der Waals surface area contributed by atoms with Gasteiger partial charge in [-0.15, -0.1) is 11.8 Å². The van der Waals surface area contributed by atoms with E-state index >= 15 is 0 Å². The predicted molar refractivity (Wildman–Crippen MR) is 76.2 cm³/mol. The van der Waals surface area contributed by atoms with Crippen LogP contribution in [0.2, 0.25) is 0 Å². The lowest BCUT2D eigenvalue weighted by molar-refractivity contribution is -0.163. The molecule has 4 aliphatic carbocycles. The van der Waals surface area contributed by atoms with Crippen LogP contribution in [0.1, 0.15) is 38.5 Å². The second kappa shape index (κ2) is 4.39. The Hall–Kier alpha value is -0.710. The van der Waals surface area contributed by atoms with Crippen molar-refractivity contribution in [3.8, 4) is 0 Å². The van der Waals surface area contributed by atoms with Gasteiger partial charge in [-0.2, -0.15) is 0 Å². The molecule has 5 fully saturated rings. The second-order valence-electron chi connectivity index (χ2n) is 7.33. The van der Waals surface area contributed by atoms with Gasteiger partial charge < -0.3 is 10.0 Å². The Bertz CT molecular complexity index is 429. The van der Waals surface area contributed by atoms with E-state index in [0.717, 1.165) is 37.0 Å². The van der Waals surface area contributed by atoms with Gasteiger partial charge in [-0.1, -0.05) is 0 Å². The van der Waals surface area contributed by atoms with Crippen LogP contribution in [0.25, 0.3) is 0 Å². The number of thioether (sulfide) groups is 1. The van der Waals surface area contributed by atoms with Crippen molar-refractivity contribution in [3.63, 3.8) is 0 Å². The first-order valence-corrected chi connectivity index (χ1v) is 8.84. The molecule has 5 aliphatic rings. The van der Waals surface area contributed by atoms with Crippen molar-refractivity contribution in [2.45, 2.75) is 44.6 Å². The summed E-state index contributed by atoms with van der Waals surface area (Å²) in [7, 11) is 0. The van der Waals surface area contributed by atoms with Gasteiger partial charge in [0.15, 0.2) is 0 Å². The SMILES string of the molecule is O=C(O)C1CSCN1C(=O)C12CC3CC(CC(C3)C1)C2. The minimum absolute atomic E-state index is 0.161. The van der Waals surface area contributed by atoms with E-state index in [1.807, 2.05) is 0 Å². The Morgan fingerprint density at radius 2 is 1.60 bits per heavy atom. The molecule has 1 heterocycles. The van der Waals surface area contributed by atoms with Crippen LogP contribution in [0.15, 0.2) is 0 Å². The first-order valence-electron chi connectivity index (χ1n) is 7.69. The maximum Gasteiger partial charge on any atom is 0.327 e. The molecule has 4 nitrogen and oxygen atoms in total. The molecule has 5 rings (SSSR count). The van der Waals surface area contributed by atoms with Crippen LogP contribution in [-0.2, 0) is 9.59 Å². The van der Waals surface area contributed by atoms with Gasteiger partial charge >= 0.3 is 5.97 Å². The van der Waals surface area contributed by atoms with E-state index in [9.17, 15) is 14.7 Å². The quantitative estimate of drug-likeness (QED) is 0.848. The van der Waals surface area contributed by atoms with Gasteiger partial charge in [-0.3, -0.25) is 4.79 Å². The van der Waals surface area contributed by atoms with E-state index in [1.165, 1.54) is 19.3 Å². The fraction of sp³-hybridized carbons (Fsp3) is 0.867. The molecule has 0 aromatic carbocycles. The molecule has 0 aromatic heterocycles. The van der Waals surface area contributed by atoms with Crippen molar-refractivity contribution in [2.75, 3.05) is 11.6 Å². The highest BCUT2D eigenvalue weighted by atomic mass is 32.2. The summed E-state index contributed by atoms with van der Waals surface area (Å²) in [6.45, 7) is 0. The number of nitrogens with zero attached hydrogens (tertiary/aromatic N) is 1. The summed E-state index contributed by atoms with van der Waals surface area (Å²) >= 11 is 1.58. The zero-order valence-corrected chi connectivity index (χ0v) is 12.4. The normalized spacial score (nSPS) is 45.9. The number of aliphatic carboxylic acids is 1. The van der Waals surface area contributed by atoms with Gasteiger partial charge in [-0.05, 0) is 56.3 Å². The maximum atomic E-state index is 13.1. The summed E-state index contributed by atoms with van der Waals surface area (Å²) in [5.41, 5.74) is -0.201. The van der Waals surface area contributed by atoms with E-state index in [2.05, 4.69) is 0 Å². The molecule has 1 N–H and O–H groups in total. The highest BCUT2D eigenvalue weighted by Gasteiger charge is 2.56. The number of carboxylic acids is 1. The third-order valence-electron chi connectivity index (χ3n) is 5.92. The van der Waals surface area contributed by atoms with E-state index in [0.29, 0.717) is 11.6 Å². The topological polar surface area (TPSA) is 57.6 Å². The Morgan fingerprint density at radius 1 is 1.05 bits per heavy atom. The van der Waals surface area contributed by atoms with E-state index in [4.69, 9.17) is 0 Å². The zero-order valence-electron chi connectivity index (χ0n) is 11.6. The summed E-state index contributed by atoms with van der Waals surface area (Å²) in [5.74, 6) is 2.61. The molecule has 0 aromatic rings. The minimum Gasteiger partial charge on any atom is -0.480 e. The molecule has 1 aliphatic heterocycles. The van der Waals surface area contributed by atoms with Crippen LogP contribution < -0.4 is 0 Å². The molecule has 4 bridgehead atoms. The largest absolute Gasteiger partial charge is 0.480 e. The molecule has 1 unspecified atom stereocenters. The first kappa shape index (κ1) is 13.0. The molecule has 5 heteroatoms. The van der Waals surface area contributed by atoms with Crippen molar-refractivity contribution in [1.29, 1.82) is 0 Å². The standard InChI is InChI=1S/C15H21NO3S/c17-13(18)12-7-20-8-16(12)14(19)15-4-9-1-10(5-15)3-11(2-9)6-15/h9-12H,1-8H2,(H,17,18). The van der Waals surface area contributed by atoms with E-state index in [1.54, 1.807) is 16.7 Å².